The SMILES string of the molecule is CC(=O)N(CCC(=O)NCc1ccco1)c1ccccc1N1CCOCC1. The van der Waals surface area contributed by atoms with Crippen molar-refractivity contribution in [3.63, 3.8) is 0 Å². The zero-order valence-corrected chi connectivity index (χ0v) is 15.5. The van der Waals surface area contributed by atoms with E-state index >= 15 is 0 Å². The fourth-order valence-corrected chi connectivity index (χ4v) is 3.11. The Labute approximate surface area is 158 Å². The lowest BCUT2D eigenvalue weighted by atomic mass is 10.2. The maximum absolute atomic E-state index is 12.3. The molecule has 1 aliphatic heterocycles. The average Bonchev–Trinajstić information content (AvgIpc) is 3.21. The molecule has 2 aromatic rings. The molecule has 1 N–H and O–H groups in total. The van der Waals surface area contributed by atoms with Crippen LogP contribution in [0.3, 0.4) is 0 Å². The third-order valence-corrected chi connectivity index (χ3v) is 4.51. The first-order valence-electron chi connectivity index (χ1n) is 9.14. The van der Waals surface area contributed by atoms with Crippen molar-refractivity contribution in [3.05, 3.63) is 48.4 Å². The van der Waals surface area contributed by atoms with Crippen LogP contribution in [0.4, 0.5) is 11.4 Å². The molecule has 1 aromatic carbocycles. The number of hydrogen-bond donors (Lipinski definition) is 1. The third-order valence-electron chi connectivity index (χ3n) is 4.51. The summed E-state index contributed by atoms with van der Waals surface area (Å²) in [5.74, 6) is 0.487. The highest BCUT2D eigenvalue weighted by atomic mass is 16.5. The second kappa shape index (κ2) is 9.23. The van der Waals surface area contributed by atoms with E-state index < -0.39 is 0 Å². The molecule has 0 spiro atoms. The molecule has 1 aromatic heterocycles. The molecule has 1 aliphatic rings. The molecule has 7 heteroatoms. The van der Waals surface area contributed by atoms with E-state index in [9.17, 15) is 9.59 Å². The van der Waals surface area contributed by atoms with Gasteiger partial charge < -0.3 is 24.3 Å². The Hall–Kier alpha value is -2.80. The predicted octanol–water partition coefficient (Wildman–Crippen LogP) is 2.18. The van der Waals surface area contributed by atoms with Crippen LogP contribution in [0.2, 0.25) is 0 Å². The van der Waals surface area contributed by atoms with E-state index in [-0.39, 0.29) is 18.2 Å². The van der Waals surface area contributed by atoms with Gasteiger partial charge in [-0.05, 0) is 24.3 Å². The molecule has 144 valence electrons. The first-order chi connectivity index (χ1) is 13.1. The predicted molar refractivity (Wildman–Crippen MR) is 103 cm³/mol. The fourth-order valence-electron chi connectivity index (χ4n) is 3.11. The summed E-state index contributed by atoms with van der Waals surface area (Å²) in [7, 11) is 0. The molecule has 0 aliphatic carbocycles. The van der Waals surface area contributed by atoms with Crippen LogP contribution >= 0.6 is 0 Å². The van der Waals surface area contributed by atoms with Gasteiger partial charge in [-0.2, -0.15) is 0 Å². The quantitative estimate of drug-likeness (QED) is 0.807. The van der Waals surface area contributed by atoms with E-state index in [1.54, 1.807) is 23.3 Å². The second-order valence-corrected chi connectivity index (χ2v) is 6.36. The van der Waals surface area contributed by atoms with Gasteiger partial charge in [0.15, 0.2) is 0 Å². The number of carbonyl (C=O) groups is 2. The third kappa shape index (κ3) is 5.10. The van der Waals surface area contributed by atoms with Gasteiger partial charge in [0.05, 0.1) is 37.4 Å². The van der Waals surface area contributed by atoms with Crippen LogP contribution < -0.4 is 15.1 Å². The van der Waals surface area contributed by atoms with Gasteiger partial charge in [-0.15, -0.1) is 0 Å². The molecule has 27 heavy (non-hydrogen) atoms. The van der Waals surface area contributed by atoms with E-state index in [4.69, 9.17) is 9.15 Å². The minimum absolute atomic E-state index is 0.0884. The topological polar surface area (TPSA) is 75.0 Å². The van der Waals surface area contributed by atoms with Crippen molar-refractivity contribution in [3.8, 4) is 0 Å². The van der Waals surface area contributed by atoms with Crippen LogP contribution in [0.5, 0.6) is 0 Å². The number of benzene rings is 1. The zero-order chi connectivity index (χ0) is 19.1. The lowest BCUT2D eigenvalue weighted by Gasteiger charge is -2.33. The smallest absolute Gasteiger partial charge is 0.223 e. The van der Waals surface area contributed by atoms with Crippen LogP contribution in [0.25, 0.3) is 0 Å². The molecular weight excluding hydrogens is 346 g/mol. The van der Waals surface area contributed by atoms with Gasteiger partial charge in [-0.25, -0.2) is 0 Å². The van der Waals surface area contributed by atoms with Crippen LogP contribution in [0, 0.1) is 0 Å². The molecule has 1 fully saturated rings. The van der Waals surface area contributed by atoms with Gasteiger partial charge in [-0.3, -0.25) is 9.59 Å². The number of morpholine rings is 1. The maximum Gasteiger partial charge on any atom is 0.223 e. The van der Waals surface area contributed by atoms with Gasteiger partial charge in [-0.1, -0.05) is 12.1 Å². The fraction of sp³-hybridized carbons (Fsp3) is 0.400. The molecule has 1 saturated heterocycles. The van der Waals surface area contributed by atoms with Gasteiger partial charge in [0.1, 0.15) is 5.76 Å². The minimum Gasteiger partial charge on any atom is -0.467 e. The average molecular weight is 371 g/mol. The van der Waals surface area contributed by atoms with Gasteiger partial charge >= 0.3 is 0 Å². The Balaban J connectivity index is 1.65. The van der Waals surface area contributed by atoms with Crippen LogP contribution in [0.1, 0.15) is 19.1 Å². The summed E-state index contributed by atoms with van der Waals surface area (Å²) >= 11 is 0. The number of anilines is 2. The number of furan rings is 1. The Morgan fingerprint density at radius 3 is 2.63 bits per heavy atom. The highest BCUT2D eigenvalue weighted by molar-refractivity contribution is 5.96. The first-order valence-corrected chi connectivity index (χ1v) is 9.14. The molecule has 0 saturated carbocycles. The van der Waals surface area contributed by atoms with Crippen LogP contribution in [-0.2, 0) is 20.9 Å². The summed E-state index contributed by atoms with van der Waals surface area (Å²) < 4.78 is 10.6. The maximum atomic E-state index is 12.3. The summed E-state index contributed by atoms with van der Waals surface area (Å²) in [5, 5.41) is 2.81. The number of para-hydroxylation sites is 2. The van der Waals surface area contributed by atoms with E-state index in [0.29, 0.717) is 32.1 Å². The molecule has 0 bridgehead atoms. The van der Waals surface area contributed by atoms with E-state index in [1.165, 1.54) is 6.92 Å². The number of carbonyl (C=O) groups excluding carboxylic acids is 2. The Morgan fingerprint density at radius 2 is 1.93 bits per heavy atom. The monoisotopic (exact) mass is 371 g/mol. The van der Waals surface area contributed by atoms with Crippen molar-refractivity contribution in [2.45, 2.75) is 19.9 Å². The molecule has 0 atom stereocenters. The van der Waals surface area contributed by atoms with E-state index in [0.717, 1.165) is 24.5 Å². The Bertz CT molecular complexity index is 754. The lowest BCUT2D eigenvalue weighted by Crippen LogP contribution is -2.39. The number of ether oxygens (including phenoxy) is 1. The van der Waals surface area contributed by atoms with Crippen molar-refractivity contribution >= 4 is 23.2 Å². The highest BCUT2D eigenvalue weighted by Gasteiger charge is 2.21. The molecule has 0 unspecified atom stereocenters. The standard InChI is InChI=1S/C20H25N3O4/c1-16(24)23(9-8-20(25)21-15-17-5-4-12-27-17)19-7-3-2-6-18(19)22-10-13-26-14-11-22/h2-7,12H,8-11,13-15H2,1H3,(H,21,25). The van der Waals surface area contributed by atoms with Crippen LogP contribution in [0.15, 0.2) is 47.1 Å². The number of nitrogens with one attached hydrogen (secondary N) is 1. The largest absolute Gasteiger partial charge is 0.467 e. The van der Waals surface area contributed by atoms with Gasteiger partial charge in [0.25, 0.3) is 0 Å². The summed E-state index contributed by atoms with van der Waals surface area (Å²) in [6, 6.07) is 11.4. The lowest BCUT2D eigenvalue weighted by molar-refractivity contribution is -0.121. The number of amides is 2. The molecule has 0 radical (unpaired) electrons. The summed E-state index contributed by atoms with van der Waals surface area (Å²) in [4.78, 5) is 28.3. The molecule has 2 amide bonds. The molecule has 2 heterocycles. The number of hydrogen-bond acceptors (Lipinski definition) is 5. The normalized spacial score (nSPS) is 14.0. The highest BCUT2D eigenvalue weighted by Crippen LogP contribution is 2.30. The van der Waals surface area contributed by atoms with Crippen molar-refractivity contribution in [1.29, 1.82) is 0 Å². The second-order valence-electron chi connectivity index (χ2n) is 6.36. The van der Waals surface area contributed by atoms with Crippen molar-refractivity contribution in [2.75, 3.05) is 42.6 Å². The molecular formula is C20H25N3O4. The minimum atomic E-state index is -0.124. The summed E-state index contributed by atoms with van der Waals surface area (Å²) in [6.45, 7) is 5.10. The van der Waals surface area contributed by atoms with Gasteiger partial charge in [0.2, 0.25) is 11.8 Å². The van der Waals surface area contributed by atoms with Gasteiger partial charge in [0, 0.05) is 33.0 Å². The van der Waals surface area contributed by atoms with Crippen molar-refractivity contribution in [2.24, 2.45) is 0 Å². The van der Waals surface area contributed by atoms with E-state index in [1.807, 2.05) is 24.3 Å². The zero-order valence-electron chi connectivity index (χ0n) is 15.5. The molecule has 3 rings (SSSR count). The Morgan fingerprint density at radius 1 is 1.15 bits per heavy atom. The van der Waals surface area contributed by atoms with E-state index in [2.05, 4.69) is 10.2 Å². The summed E-state index contributed by atoms with van der Waals surface area (Å²) in [6.07, 6.45) is 1.79. The van der Waals surface area contributed by atoms with Crippen molar-refractivity contribution < 1.29 is 18.7 Å². The summed E-state index contributed by atoms with van der Waals surface area (Å²) in [5.41, 5.74) is 1.82. The first kappa shape index (κ1) is 19.0. The number of nitrogens with zero attached hydrogens (tertiary/aromatic N) is 2. The molecule has 7 nitrogen and oxygen atoms in total. The Kier molecular flexibility index (Phi) is 6.49. The van der Waals surface area contributed by atoms with Crippen molar-refractivity contribution in [1.82, 2.24) is 5.32 Å². The van der Waals surface area contributed by atoms with Crippen LogP contribution in [-0.4, -0.2) is 44.7 Å². The number of rotatable bonds is 7.